The molecule has 1 aromatic heterocycles. The average Bonchev–Trinajstić information content (AvgIpc) is 3.10. The fourth-order valence-corrected chi connectivity index (χ4v) is 2.31. The Kier molecular flexibility index (Phi) is 4.84. The molecule has 0 aliphatic heterocycles. The number of benzene rings is 2. The summed E-state index contributed by atoms with van der Waals surface area (Å²) in [5, 5.41) is 9.56. The quantitative estimate of drug-likeness (QED) is 0.750. The van der Waals surface area contributed by atoms with Crippen molar-refractivity contribution in [1.29, 1.82) is 0 Å². The van der Waals surface area contributed by atoms with Crippen LogP contribution in [-0.2, 0) is 11.3 Å². The summed E-state index contributed by atoms with van der Waals surface area (Å²) in [6.45, 7) is 2.06. The zero-order chi connectivity index (χ0) is 17.6. The number of anilines is 2. The maximum atomic E-state index is 12.3. The van der Waals surface area contributed by atoms with E-state index in [0.717, 1.165) is 5.56 Å². The van der Waals surface area contributed by atoms with Crippen molar-refractivity contribution in [3.05, 3.63) is 72.3 Å². The van der Waals surface area contributed by atoms with Crippen LogP contribution < -0.4 is 10.6 Å². The Bertz CT molecular complexity index is 855. The van der Waals surface area contributed by atoms with E-state index in [9.17, 15) is 9.59 Å². The van der Waals surface area contributed by atoms with Crippen molar-refractivity contribution in [1.82, 2.24) is 14.8 Å². The molecule has 2 amide bonds. The number of hydrogen-bond donors (Lipinski definition) is 2. The van der Waals surface area contributed by atoms with Crippen LogP contribution in [0.15, 0.2) is 61.2 Å². The van der Waals surface area contributed by atoms with Crippen molar-refractivity contribution in [2.24, 2.45) is 0 Å². The molecule has 3 rings (SSSR count). The zero-order valence-corrected chi connectivity index (χ0v) is 13.6. The van der Waals surface area contributed by atoms with Crippen LogP contribution in [0.5, 0.6) is 0 Å². The number of hydrogen-bond acceptors (Lipinski definition) is 4. The second-order valence-electron chi connectivity index (χ2n) is 5.50. The van der Waals surface area contributed by atoms with Gasteiger partial charge in [-0.1, -0.05) is 12.1 Å². The van der Waals surface area contributed by atoms with Crippen LogP contribution in [0.4, 0.5) is 11.4 Å². The summed E-state index contributed by atoms with van der Waals surface area (Å²) in [5.74, 6) is -0.360. The number of carbonyl (C=O) groups excluding carboxylic acids is 2. The molecule has 0 radical (unpaired) electrons. The molecule has 0 saturated heterocycles. The minimum absolute atomic E-state index is 0.150. The van der Waals surface area contributed by atoms with Gasteiger partial charge in [0, 0.05) is 23.9 Å². The van der Waals surface area contributed by atoms with E-state index in [2.05, 4.69) is 20.7 Å². The van der Waals surface area contributed by atoms with E-state index in [4.69, 9.17) is 0 Å². The molecule has 3 aromatic rings. The van der Waals surface area contributed by atoms with Crippen LogP contribution in [0.1, 0.15) is 22.8 Å². The minimum Gasteiger partial charge on any atom is -0.326 e. The average molecular weight is 335 g/mol. The lowest BCUT2D eigenvalue weighted by Gasteiger charge is -2.08. The molecule has 126 valence electrons. The van der Waals surface area contributed by atoms with Crippen LogP contribution >= 0.6 is 0 Å². The maximum Gasteiger partial charge on any atom is 0.255 e. The summed E-state index contributed by atoms with van der Waals surface area (Å²) in [6.07, 6.45) is 3.14. The first kappa shape index (κ1) is 16.4. The number of nitrogens with zero attached hydrogens (tertiary/aromatic N) is 3. The van der Waals surface area contributed by atoms with E-state index in [1.165, 1.54) is 13.3 Å². The lowest BCUT2D eigenvalue weighted by molar-refractivity contribution is -0.114. The summed E-state index contributed by atoms with van der Waals surface area (Å²) >= 11 is 0. The van der Waals surface area contributed by atoms with E-state index in [1.807, 2.05) is 24.3 Å². The molecule has 25 heavy (non-hydrogen) atoms. The van der Waals surface area contributed by atoms with Gasteiger partial charge in [-0.3, -0.25) is 9.59 Å². The molecule has 0 atom stereocenters. The highest BCUT2D eigenvalue weighted by atomic mass is 16.2. The monoisotopic (exact) mass is 335 g/mol. The summed E-state index contributed by atoms with van der Waals surface area (Å²) in [6, 6.07) is 14.3. The first-order valence-electron chi connectivity index (χ1n) is 7.70. The molecule has 0 fully saturated rings. The molecule has 0 aliphatic carbocycles. The van der Waals surface area contributed by atoms with Crippen molar-refractivity contribution < 1.29 is 9.59 Å². The summed E-state index contributed by atoms with van der Waals surface area (Å²) in [7, 11) is 0. The van der Waals surface area contributed by atoms with E-state index < -0.39 is 0 Å². The molecule has 1 heterocycles. The Labute approximate surface area is 144 Å². The van der Waals surface area contributed by atoms with Gasteiger partial charge in [0.2, 0.25) is 5.91 Å². The molecular weight excluding hydrogens is 318 g/mol. The summed E-state index contributed by atoms with van der Waals surface area (Å²) < 4.78 is 1.73. The molecule has 2 N–H and O–H groups in total. The molecule has 0 unspecified atom stereocenters. The van der Waals surface area contributed by atoms with Crippen molar-refractivity contribution in [2.45, 2.75) is 13.5 Å². The van der Waals surface area contributed by atoms with Gasteiger partial charge < -0.3 is 10.6 Å². The van der Waals surface area contributed by atoms with Crippen LogP contribution in [0.2, 0.25) is 0 Å². The highest BCUT2D eigenvalue weighted by molar-refractivity contribution is 6.04. The second-order valence-corrected chi connectivity index (χ2v) is 5.50. The third-order valence-corrected chi connectivity index (χ3v) is 3.49. The van der Waals surface area contributed by atoms with Gasteiger partial charge in [0.15, 0.2) is 0 Å². The first-order valence-corrected chi connectivity index (χ1v) is 7.70. The van der Waals surface area contributed by atoms with E-state index in [-0.39, 0.29) is 11.8 Å². The maximum absolute atomic E-state index is 12.3. The second kappa shape index (κ2) is 7.39. The Morgan fingerprint density at radius 2 is 1.60 bits per heavy atom. The van der Waals surface area contributed by atoms with Gasteiger partial charge in [0.05, 0.1) is 6.54 Å². The van der Waals surface area contributed by atoms with E-state index >= 15 is 0 Å². The van der Waals surface area contributed by atoms with Crippen LogP contribution in [-0.4, -0.2) is 26.6 Å². The van der Waals surface area contributed by atoms with Crippen molar-refractivity contribution >= 4 is 23.2 Å². The highest BCUT2D eigenvalue weighted by Gasteiger charge is 2.06. The van der Waals surface area contributed by atoms with E-state index in [0.29, 0.717) is 23.5 Å². The molecule has 7 heteroatoms. The Balaban J connectivity index is 1.61. The summed E-state index contributed by atoms with van der Waals surface area (Å²) in [5.41, 5.74) is 2.93. The van der Waals surface area contributed by atoms with Gasteiger partial charge in [-0.05, 0) is 42.0 Å². The Hall–Kier alpha value is -3.48. The fraction of sp³-hybridized carbons (Fsp3) is 0.111. The smallest absolute Gasteiger partial charge is 0.255 e. The lowest BCUT2D eigenvalue weighted by atomic mass is 10.1. The van der Waals surface area contributed by atoms with Gasteiger partial charge >= 0.3 is 0 Å². The number of amides is 2. The number of carbonyl (C=O) groups is 2. The fourth-order valence-electron chi connectivity index (χ4n) is 2.31. The molecule has 2 aromatic carbocycles. The van der Waals surface area contributed by atoms with Gasteiger partial charge in [0.1, 0.15) is 12.7 Å². The zero-order valence-electron chi connectivity index (χ0n) is 13.6. The van der Waals surface area contributed by atoms with Gasteiger partial charge in [0.25, 0.3) is 5.91 Å². The van der Waals surface area contributed by atoms with Crippen LogP contribution in [0.3, 0.4) is 0 Å². The van der Waals surface area contributed by atoms with Crippen molar-refractivity contribution in [3.8, 4) is 0 Å². The van der Waals surface area contributed by atoms with Crippen LogP contribution in [0.25, 0.3) is 0 Å². The number of aromatic nitrogens is 3. The molecule has 0 bridgehead atoms. The Morgan fingerprint density at radius 3 is 2.20 bits per heavy atom. The van der Waals surface area contributed by atoms with Crippen LogP contribution in [0, 0.1) is 0 Å². The largest absolute Gasteiger partial charge is 0.326 e. The number of nitrogens with one attached hydrogen (secondary N) is 2. The van der Waals surface area contributed by atoms with Crippen molar-refractivity contribution in [2.75, 3.05) is 10.6 Å². The van der Waals surface area contributed by atoms with Gasteiger partial charge in [-0.25, -0.2) is 9.67 Å². The molecule has 0 aliphatic rings. The highest BCUT2D eigenvalue weighted by Crippen LogP contribution is 2.14. The normalized spacial score (nSPS) is 10.3. The SMILES string of the molecule is CC(=O)Nc1ccc(C(=O)Nc2ccc(Cn3cncn3)cc2)cc1. The molecular formula is C18H17N5O2. The predicted octanol–water partition coefficient (Wildman–Crippen LogP) is 2.54. The summed E-state index contributed by atoms with van der Waals surface area (Å²) in [4.78, 5) is 27.2. The standard InChI is InChI=1S/C18H17N5O2/c1-13(24)21-16-8-4-15(5-9-16)18(25)22-17-6-2-14(3-7-17)10-23-12-19-11-20-23/h2-9,11-12H,10H2,1H3,(H,21,24)(H,22,25). The third kappa shape index (κ3) is 4.51. The lowest BCUT2D eigenvalue weighted by Crippen LogP contribution is -2.12. The first-order chi connectivity index (χ1) is 12.1. The third-order valence-electron chi connectivity index (χ3n) is 3.49. The van der Waals surface area contributed by atoms with Crippen molar-refractivity contribution in [3.63, 3.8) is 0 Å². The van der Waals surface area contributed by atoms with E-state index in [1.54, 1.807) is 35.3 Å². The molecule has 0 saturated carbocycles. The number of rotatable bonds is 5. The van der Waals surface area contributed by atoms with Gasteiger partial charge in [-0.2, -0.15) is 5.10 Å². The van der Waals surface area contributed by atoms with Gasteiger partial charge in [-0.15, -0.1) is 0 Å². The minimum atomic E-state index is -0.210. The Morgan fingerprint density at radius 1 is 0.960 bits per heavy atom. The predicted molar refractivity (Wildman–Crippen MR) is 94.3 cm³/mol. The molecule has 7 nitrogen and oxygen atoms in total. The molecule has 0 spiro atoms. The topological polar surface area (TPSA) is 88.9 Å².